The van der Waals surface area contributed by atoms with Gasteiger partial charge in [-0.05, 0) is 51.3 Å². The van der Waals surface area contributed by atoms with Gasteiger partial charge in [-0.1, -0.05) is 12.1 Å². The molecule has 0 radical (unpaired) electrons. The molecule has 0 aromatic heterocycles. The fourth-order valence-electron chi connectivity index (χ4n) is 2.70. The Bertz CT molecular complexity index is 572. The number of ether oxygens (including phenoxy) is 1. The van der Waals surface area contributed by atoms with Gasteiger partial charge in [0.15, 0.2) is 0 Å². The first kappa shape index (κ1) is 18.1. The largest absolute Gasteiger partial charge is 0.444 e. The predicted molar refractivity (Wildman–Crippen MR) is 93.5 cm³/mol. The van der Waals surface area contributed by atoms with E-state index in [9.17, 15) is 9.59 Å². The van der Waals surface area contributed by atoms with Crippen molar-refractivity contribution in [3.05, 3.63) is 29.8 Å². The lowest BCUT2D eigenvalue weighted by atomic mass is 10.0. The van der Waals surface area contributed by atoms with Crippen LogP contribution in [0.3, 0.4) is 0 Å². The first-order chi connectivity index (χ1) is 11.2. The molecule has 2 rings (SSSR count). The van der Waals surface area contributed by atoms with Crippen molar-refractivity contribution >= 4 is 17.7 Å². The highest BCUT2D eigenvalue weighted by molar-refractivity contribution is 5.86. The summed E-state index contributed by atoms with van der Waals surface area (Å²) in [6, 6.07) is 6.69. The average Bonchev–Trinajstić information content (AvgIpc) is 3.00. The van der Waals surface area contributed by atoms with E-state index >= 15 is 0 Å². The van der Waals surface area contributed by atoms with E-state index in [4.69, 9.17) is 10.5 Å². The van der Waals surface area contributed by atoms with Gasteiger partial charge in [0.1, 0.15) is 11.6 Å². The van der Waals surface area contributed by atoms with Crippen LogP contribution in [0.25, 0.3) is 0 Å². The molecular weight excluding hydrogens is 306 g/mol. The molecular formula is C18H27N3O3. The van der Waals surface area contributed by atoms with E-state index in [1.165, 1.54) is 0 Å². The Labute approximate surface area is 143 Å². The minimum Gasteiger partial charge on any atom is -0.444 e. The summed E-state index contributed by atoms with van der Waals surface area (Å²) in [5, 5.41) is 2.73. The normalized spacial score (nSPS) is 15.9. The van der Waals surface area contributed by atoms with Crippen LogP contribution < -0.4 is 11.1 Å². The zero-order valence-electron chi connectivity index (χ0n) is 14.7. The molecule has 0 spiro atoms. The Morgan fingerprint density at radius 1 is 1.21 bits per heavy atom. The van der Waals surface area contributed by atoms with Crippen LogP contribution in [0.15, 0.2) is 24.3 Å². The van der Waals surface area contributed by atoms with Gasteiger partial charge in [-0.25, -0.2) is 4.79 Å². The summed E-state index contributed by atoms with van der Waals surface area (Å²) in [6.45, 7) is 6.87. The van der Waals surface area contributed by atoms with Crippen molar-refractivity contribution in [2.24, 2.45) is 0 Å². The Morgan fingerprint density at radius 2 is 1.79 bits per heavy atom. The zero-order chi connectivity index (χ0) is 17.7. The molecule has 24 heavy (non-hydrogen) atoms. The van der Waals surface area contributed by atoms with Gasteiger partial charge < -0.3 is 20.7 Å². The van der Waals surface area contributed by atoms with Crippen LogP contribution in [0.5, 0.6) is 0 Å². The van der Waals surface area contributed by atoms with E-state index in [1.54, 1.807) is 37.8 Å². The molecule has 0 unspecified atom stereocenters. The van der Waals surface area contributed by atoms with E-state index in [2.05, 4.69) is 5.32 Å². The highest BCUT2D eigenvalue weighted by Gasteiger charge is 2.29. The van der Waals surface area contributed by atoms with E-state index in [0.717, 1.165) is 31.5 Å². The summed E-state index contributed by atoms with van der Waals surface area (Å²) in [7, 11) is 0. The van der Waals surface area contributed by atoms with Crippen LogP contribution in [0.2, 0.25) is 0 Å². The SMILES string of the molecule is CC(C)(C)OC(=O)N[C@@H](Cc1ccc(N)cc1)C(=O)N1CCCC1. The topological polar surface area (TPSA) is 84.7 Å². The Balaban J connectivity index is 2.09. The molecule has 1 atom stereocenters. The highest BCUT2D eigenvalue weighted by atomic mass is 16.6. The summed E-state index contributed by atoms with van der Waals surface area (Å²) in [5.41, 5.74) is 6.71. The average molecular weight is 333 g/mol. The number of likely N-dealkylation sites (tertiary alicyclic amines) is 1. The molecule has 2 amide bonds. The van der Waals surface area contributed by atoms with E-state index in [1.807, 2.05) is 12.1 Å². The molecule has 132 valence electrons. The number of carbonyl (C=O) groups excluding carboxylic acids is 2. The first-order valence-electron chi connectivity index (χ1n) is 8.37. The van der Waals surface area contributed by atoms with Crippen LogP contribution in [0.1, 0.15) is 39.2 Å². The van der Waals surface area contributed by atoms with Crippen molar-refractivity contribution in [2.45, 2.75) is 51.7 Å². The fourth-order valence-corrected chi connectivity index (χ4v) is 2.70. The molecule has 1 aromatic rings. The van der Waals surface area contributed by atoms with Gasteiger partial charge in [-0.15, -0.1) is 0 Å². The third-order valence-corrected chi connectivity index (χ3v) is 3.83. The maximum Gasteiger partial charge on any atom is 0.408 e. The van der Waals surface area contributed by atoms with Gasteiger partial charge in [-0.2, -0.15) is 0 Å². The summed E-state index contributed by atoms with van der Waals surface area (Å²) in [5.74, 6) is -0.0600. The van der Waals surface area contributed by atoms with Crippen LogP contribution in [-0.2, 0) is 16.0 Å². The Kier molecular flexibility index (Phi) is 5.70. The summed E-state index contributed by atoms with van der Waals surface area (Å²) in [6.07, 6.45) is 1.85. The quantitative estimate of drug-likeness (QED) is 0.828. The number of benzene rings is 1. The van der Waals surface area contributed by atoms with Crippen molar-refractivity contribution in [1.29, 1.82) is 0 Å². The highest BCUT2D eigenvalue weighted by Crippen LogP contribution is 2.14. The van der Waals surface area contributed by atoms with Crippen molar-refractivity contribution in [2.75, 3.05) is 18.8 Å². The monoisotopic (exact) mass is 333 g/mol. The molecule has 1 fully saturated rings. The summed E-state index contributed by atoms with van der Waals surface area (Å²) >= 11 is 0. The van der Waals surface area contributed by atoms with Gasteiger partial charge >= 0.3 is 6.09 Å². The number of rotatable bonds is 4. The summed E-state index contributed by atoms with van der Waals surface area (Å²) in [4.78, 5) is 26.7. The number of nitrogen functional groups attached to an aromatic ring is 1. The number of alkyl carbamates (subject to hydrolysis) is 1. The number of carbonyl (C=O) groups is 2. The third-order valence-electron chi connectivity index (χ3n) is 3.83. The smallest absolute Gasteiger partial charge is 0.408 e. The Hall–Kier alpha value is -2.24. The van der Waals surface area contributed by atoms with Crippen LogP contribution in [0, 0.1) is 0 Å². The number of hydrogen-bond acceptors (Lipinski definition) is 4. The number of nitrogens with zero attached hydrogens (tertiary/aromatic N) is 1. The first-order valence-corrected chi connectivity index (χ1v) is 8.37. The molecule has 6 heteroatoms. The number of amides is 2. The van der Waals surface area contributed by atoms with Gasteiger partial charge in [0.2, 0.25) is 5.91 Å². The molecule has 1 heterocycles. The molecule has 0 saturated carbocycles. The molecule has 0 bridgehead atoms. The fraction of sp³-hybridized carbons (Fsp3) is 0.556. The molecule has 3 N–H and O–H groups in total. The molecule has 0 aliphatic carbocycles. The minimum absolute atomic E-state index is 0.0600. The molecule has 6 nitrogen and oxygen atoms in total. The second-order valence-electron chi connectivity index (χ2n) is 7.18. The van der Waals surface area contributed by atoms with Crippen LogP contribution >= 0.6 is 0 Å². The number of hydrogen-bond donors (Lipinski definition) is 2. The third kappa shape index (κ3) is 5.44. The number of anilines is 1. The van der Waals surface area contributed by atoms with E-state index in [-0.39, 0.29) is 5.91 Å². The second-order valence-corrected chi connectivity index (χ2v) is 7.18. The standard InChI is InChI=1S/C18H27N3O3/c1-18(2,3)24-17(23)20-15(16(22)21-10-4-5-11-21)12-13-6-8-14(19)9-7-13/h6-9,15H,4-5,10-12,19H2,1-3H3,(H,20,23)/t15-/m0/s1. The predicted octanol–water partition coefficient (Wildman–Crippen LogP) is 2.33. The molecule has 1 saturated heterocycles. The van der Waals surface area contributed by atoms with Crippen molar-refractivity contribution in [3.8, 4) is 0 Å². The molecule has 1 aliphatic rings. The van der Waals surface area contributed by atoms with Crippen molar-refractivity contribution in [3.63, 3.8) is 0 Å². The maximum atomic E-state index is 12.7. The Morgan fingerprint density at radius 3 is 2.33 bits per heavy atom. The summed E-state index contributed by atoms with van der Waals surface area (Å²) < 4.78 is 5.30. The van der Waals surface area contributed by atoms with Crippen molar-refractivity contribution < 1.29 is 14.3 Å². The van der Waals surface area contributed by atoms with E-state index < -0.39 is 17.7 Å². The van der Waals surface area contributed by atoms with Gasteiger partial charge in [-0.3, -0.25) is 4.79 Å². The van der Waals surface area contributed by atoms with Gasteiger partial charge in [0.05, 0.1) is 0 Å². The lowest BCUT2D eigenvalue weighted by Crippen LogP contribution is -2.50. The number of nitrogens with two attached hydrogens (primary N) is 1. The van der Waals surface area contributed by atoms with Crippen LogP contribution in [-0.4, -0.2) is 41.6 Å². The molecule has 1 aliphatic heterocycles. The van der Waals surface area contributed by atoms with E-state index in [0.29, 0.717) is 12.1 Å². The van der Waals surface area contributed by atoms with Crippen LogP contribution in [0.4, 0.5) is 10.5 Å². The zero-order valence-corrected chi connectivity index (χ0v) is 14.7. The lowest BCUT2D eigenvalue weighted by Gasteiger charge is -2.26. The van der Waals surface area contributed by atoms with Gasteiger partial charge in [0, 0.05) is 25.2 Å². The minimum atomic E-state index is -0.637. The van der Waals surface area contributed by atoms with Crippen molar-refractivity contribution in [1.82, 2.24) is 10.2 Å². The lowest BCUT2D eigenvalue weighted by molar-refractivity contribution is -0.132. The molecule has 1 aromatic carbocycles. The maximum absolute atomic E-state index is 12.7. The number of nitrogens with one attached hydrogen (secondary N) is 1. The van der Waals surface area contributed by atoms with Gasteiger partial charge in [0.25, 0.3) is 0 Å². The second kappa shape index (κ2) is 7.55.